The van der Waals surface area contributed by atoms with Crippen molar-refractivity contribution >= 4 is 42.1 Å². The van der Waals surface area contributed by atoms with Gasteiger partial charge in [-0.2, -0.15) is 0 Å². The lowest BCUT2D eigenvalue weighted by molar-refractivity contribution is -0.120. The van der Waals surface area contributed by atoms with Gasteiger partial charge >= 0.3 is 0 Å². The van der Waals surface area contributed by atoms with Crippen molar-refractivity contribution in [2.75, 3.05) is 26.8 Å². The van der Waals surface area contributed by atoms with E-state index >= 15 is 0 Å². The zero-order chi connectivity index (χ0) is 15.1. The van der Waals surface area contributed by atoms with E-state index in [0.717, 1.165) is 16.5 Å². The summed E-state index contributed by atoms with van der Waals surface area (Å²) in [5.41, 5.74) is 0.830. The number of aryl methyl sites for hydroxylation is 1. The summed E-state index contributed by atoms with van der Waals surface area (Å²) in [7, 11) is 1.63. The average molecular weight is 382 g/mol. The highest BCUT2D eigenvalue weighted by atomic mass is 35.5. The van der Waals surface area contributed by atoms with Gasteiger partial charge in [0.2, 0.25) is 5.91 Å². The van der Waals surface area contributed by atoms with Crippen molar-refractivity contribution in [3.8, 4) is 11.5 Å². The number of rotatable bonds is 8. The van der Waals surface area contributed by atoms with Crippen LogP contribution >= 0.6 is 36.2 Å². The summed E-state index contributed by atoms with van der Waals surface area (Å²) in [5, 5.41) is 8.73. The summed E-state index contributed by atoms with van der Waals surface area (Å²) < 4.78 is 10.6. The molecular formula is C14H21Cl2N3O3S. The van der Waals surface area contributed by atoms with Crippen LogP contribution in [0.1, 0.15) is 10.8 Å². The van der Waals surface area contributed by atoms with Crippen LogP contribution in [0.4, 0.5) is 0 Å². The van der Waals surface area contributed by atoms with Gasteiger partial charge in [-0.3, -0.25) is 4.79 Å². The first-order valence-electron chi connectivity index (χ1n) is 6.66. The average Bonchev–Trinajstić information content (AvgIpc) is 3.10. The third-order valence-corrected chi connectivity index (χ3v) is 3.53. The molecule has 0 bridgehead atoms. The highest BCUT2D eigenvalue weighted by molar-refractivity contribution is 7.09. The Balaban J connectivity index is 0.00000242. The number of furan rings is 1. The lowest BCUT2D eigenvalue weighted by Gasteiger charge is -2.04. The van der Waals surface area contributed by atoms with E-state index in [0.29, 0.717) is 25.5 Å². The summed E-state index contributed by atoms with van der Waals surface area (Å²) in [4.78, 5) is 16.0. The molecule has 0 spiro atoms. The summed E-state index contributed by atoms with van der Waals surface area (Å²) in [6.45, 7) is 3.82. The fraction of sp³-hybridized carbons (Fsp3) is 0.429. The van der Waals surface area contributed by atoms with Crippen molar-refractivity contribution in [3.63, 3.8) is 0 Å². The molecule has 1 amide bonds. The molecule has 9 heteroatoms. The molecular weight excluding hydrogens is 361 g/mol. The minimum absolute atomic E-state index is 0. The maximum absolute atomic E-state index is 11.6. The highest BCUT2D eigenvalue weighted by Crippen LogP contribution is 2.23. The third kappa shape index (κ3) is 7.32. The first kappa shape index (κ1) is 21.9. The number of carbonyl (C=O) groups is 1. The SMILES string of the molecule is COCCNCC(=O)NCc1ccc(-c2csc(C)n2)o1.Cl.Cl. The molecule has 0 unspecified atom stereocenters. The van der Waals surface area contributed by atoms with E-state index < -0.39 is 0 Å². The summed E-state index contributed by atoms with van der Waals surface area (Å²) in [6.07, 6.45) is 0. The number of methoxy groups -OCH3 is 1. The van der Waals surface area contributed by atoms with Crippen molar-refractivity contribution in [2.45, 2.75) is 13.5 Å². The molecule has 0 atom stereocenters. The molecule has 0 aliphatic carbocycles. The number of hydrogen-bond acceptors (Lipinski definition) is 6. The van der Waals surface area contributed by atoms with Gasteiger partial charge in [-0.15, -0.1) is 36.2 Å². The van der Waals surface area contributed by atoms with Gasteiger partial charge in [0.1, 0.15) is 11.5 Å². The summed E-state index contributed by atoms with van der Waals surface area (Å²) >= 11 is 1.58. The maximum atomic E-state index is 11.6. The van der Waals surface area contributed by atoms with E-state index in [1.54, 1.807) is 18.4 Å². The van der Waals surface area contributed by atoms with Gasteiger partial charge < -0.3 is 19.8 Å². The first-order chi connectivity index (χ1) is 10.2. The number of halogens is 2. The number of ether oxygens (including phenoxy) is 1. The van der Waals surface area contributed by atoms with Crippen LogP contribution in [0.15, 0.2) is 21.9 Å². The Morgan fingerprint density at radius 2 is 2.17 bits per heavy atom. The molecule has 2 rings (SSSR count). The van der Waals surface area contributed by atoms with Crippen LogP contribution in [0.5, 0.6) is 0 Å². The van der Waals surface area contributed by atoms with Gasteiger partial charge in [0.25, 0.3) is 0 Å². The van der Waals surface area contributed by atoms with E-state index in [4.69, 9.17) is 9.15 Å². The van der Waals surface area contributed by atoms with Gasteiger partial charge in [-0.05, 0) is 19.1 Å². The molecule has 0 aliphatic heterocycles. The van der Waals surface area contributed by atoms with Gasteiger partial charge in [0.05, 0.1) is 24.7 Å². The molecule has 6 nitrogen and oxygen atoms in total. The largest absolute Gasteiger partial charge is 0.458 e. The molecule has 0 aromatic carbocycles. The van der Waals surface area contributed by atoms with Crippen molar-refractivity contribution < 1.29 is 13.9 Å². The molecule has 130 valence electrons. The van der Waals surface area contributed by atoms with Crippen molar-refractivity contribution in [3.05, 3.63) is 28.3 Å². The number of aromatic nitrogens is 1. The van der Waals surface area contributed by atoms with Crippen LogP contribution < -0.4 is 10.6 Å². The standard InChI is InChI=1S/C14H19N3O3S.2ClH/c1-10-17-12(9-21-10)13-4-3-11(20-13)7-16-14(18)8-15-5-6-19-2;;/h3-4,9,15H,5-8H2,1-2H3,(H,16,18);2*1H. The Morgan fingerprint density at radius 1 is 1.39 bits per heavy atom. The molecule has 2 N–H and O–H groups in total. The predicted molar refractivity (Wildman–Crippen MR) is 95.6 cm³/mol. The summed E-state index contributed by atoms with van der Waals surface area (Å²) in [6, 6.07) is 3.72. The second-order valence-corrected chi connectivity index (χ2v) is 5.53. The van der Waals surface area contributed by atoms with Gasteiger partial charge in [-0.25, -0.2) is 4.98 Å². The Bertz CT molecular complexity index is 589. The van der Waals surface area contributed by atoms with Crippen LogP contribution in [0.25, 0.3) is 11.5 Å². The minimum atomic E-state index is -0.0754. The molecule has 0 radical (unpaired) electrons. The van der Waals surface area contributed by atoms with Crippen LogP contribution in [0.2, 0.25) is 0 Å². The van der Waals surface area contributed by atoms with Crippen molar-refractivity contribution in [1.29, 1.82) is 0 Å². The monoisotopic (exact) mass is 381 g/mol. The fourth-order valence-corrected chi connectivity index (χ4v) is 2.31. The number of thiazole rings is 1. The Hall–Kier alpha value is -1.12. The highest BCUT2D eigenvalue weighted by Gasteiger charge is 2.08. The Labute approximate surface area is 151 Å². The zero-order valence-electron chi connectivity index (χ0n) is 13.0. The van der Waals surface area contributed by atoms with Crippen LogP contribution in [0.3, 0.4) is 0 Å². The van der Waals surface area contributed by atoms with E-state index in [-0.39, 0.29) is 37.3 Å². The number of hydrogen-bond donors (Lipinski definition) is 2. The quantitative estimate of drug-likeness (QED) is 0.686. The molecule has 23 heavy (non-hydrogen) atoms. The lowest BCUT2D eigenvalue weighted by atomic mass is 10.3. The molecule has 0 fully saturated rings. The molecule has 0 saturated heterocycles. The first-order valence-corrected chi connectivity index (χ1v) is 7.54. The van der Waals surface area contributed by atoms with E-state index in [1.165, 1.54) is 0 Å². The number of nitrogens with zero attached hydrogens (tertiary/aromatic N) is 1. The molecule has 2 heterocycles. The van der Waals surface area contributed by atoms with Gasteiger partial charge in [0.15, 0.2) is 5.76 Å². The number of amides is 1. The molecule has 2 aromatic rings. The topological polar surface area (TPSA) is 76.4 Å². The second kappa shape index (κ2) is 11.4. The van der Waals surface area contributed by atoms with Gasteiger partial charge in [-0.1, -0.05) is 0 Å². The summed E-state index contributed by atoms with van der Waals surface area (Å²) in [5.74, 6) is 1.36. The van der Waals surface area contributed by atoms with Crippen LogP contribution in [-0.2, 0) is 16.1 Å². The Kier molecular flexibility index (Phi) is 10.9. The van der Waals surface area contributed by atoms with E-state index in [9.17, 15) is 4.79 Å². The van der Waals surface area contributed by atoms with E-state index in [1.807, 2.05) is 24.4 Å². The zero-order valence-corrected chi connectivity index (χ0v) is 15.4. The van der Waals surface area contributed by atoms with Crippen molar-refractivity contribution in [2.24, 2.45) is 0 Å². The fourth-order valence-electron chi connectivity index (χ4n) is 1.71. The third-order valence-electron chi connectivity index (χ3n) is 2.76. The molecule has 0 saturated carbocycles. The van der Waals surface area contributed by atoms with E-state index in [2.05, 4.69) is 15.6 Å². The minimum Gasteiger partial charge on any atom is -0.458 e. The second-order valence-electron chi connectivity index (χ2n) is 4.46. The molecule has 0 aliphatic rings. The maximum Gasteiger partial charge on any atom is 0.234 e. The number of nitrogens with one attached hydrogen (secondary N) is 2. The van der Waals surface area contributed by atoms with Gasteiger partial charge in [0, 0.05) is 19.0 Å². The smallest absolute Gasteiger partial charge is 0.234 e. The van der Waals surface area contributed by atoms with Crippen LogP contribution in [0, 0.1) is 6.92 Å². The van der Waals surface area contributed by atoms with Crippen molar-refractivity contribution in [1.82, 2.24) is 15.6 Å². The lowest BCUT2D eigenvalue weighted by Crippen LogP contribution is -2.34. The normalized spacial score (nSPS) is 9.83. The molecule has 2 aromatic heterocycles. The van der Waals surface area contributed by atoms with Crippen LogP contribution in [-0.4, -0.2) is 37.7 Å². The Morgan fingerprint density at radius 3 is 2.83 bits per heavy atom. The number of carbonyl (C=O) groups excluding carboxylic acids is 1. The predicted octanol–water partition coefficient (Wildman–Crippen LogP) is 2.41.